The van der Waals surface area contributed by atoms with Crippen LogP contribution < -0.4 is 14.8 Å². The van der Waals surface area contributed by atoms with E-state index in [9.17, 15) is 0 Å². The van der Waals surface area contributed by atoms with Crippen LogP contribution in [0, 0.1) is 0 Å². The van der Waals surface area contributed by atoms with Crippen molar-refractivity contribution in [2.24, 2.45) is 0 Å². The van der Waals surface area contributed by atoms with E-state index in [1.165, 1.54) is 0 Å². The number of pyridine rings is 1. The van der Waals surface area contributed by atoms with Gasteiger partial charge in [-0.05, 0) is 24.3 Å². The van der Waals surface area contributed by atoms with Gasteiger partial charge in [0.05, 0.1) is 19.9 Å². The van der Waals surface area contributed by atoms with E-state index in [1.807, 2.05) is 59.1 Å². The summed E-state index contributed by atoms with van der Waals surface area (Å²) < 4.78 is 12.4. The fourth-order valence-electron chi connectivity index (χ4n) is 2.83. The summed E-state index contributed by atoms with van der Waals surface area (Å²) in [6, 6.07) is 21.6. The van der Waals surface area contributed by atoms with Crippen molar-refractivity contribution >= 4 is 17.3 Å². The second-order valence-electron chi connectivity index (χ2n) is 5.68. The molecule has 0 radical (unpaired) electrons. The van der Waals surface area contributed by atoms with Gasteiger partial charge in [0, 0.05) is 18.7 Å². The van der Waals surface area contributed by atoms with Crippen molar-refractivity contribution in [2.75, 3.05) is 19.5 Å². The maximum absolute atomic E-state index is 5.34. The third kappa shape index (κ3) is 2.93. The lowest BCUT2D eigenvalue weighted by Crippen LogP contribution is -1.97. The summed E-state index contributed by atoms with van der Waals surface area (Å²) in [5.41, 5.74) is 3.66. The number of ether oxygens (including phenoxy) is 2. The third-order valence-corrected chi connectivity index (χ3v) is 4.07. The lowest BCUT2D eigenvalue weighted by atomic mass is 10.1. The fraction of sp³-hybridized carbons (Fsp3) is 0.100. The smallest absolute Gasteiger partial charge is 0.247 e. The molecule has 6 heteroatoms. The number of methoxy groups -OCH3 is 2. The van der Waals surface area contributed by atoms with Crippen molar-refractivity contribution in [1.29, 1.82) is 0 Å². The first-order valence-corrected chi connectivity index (χ1v) is 8.19. The molecule has 6 nitrogen and oxygen atoms in total. The molecule has 2 aromatic heterocycles. The molecule has 0 saturated carbocycles. The molecule has 0 fully saturated rings. The van der Waals surface area contributed by atoms with E-state index in [1.54, 1.807) is 14.2 Å². The van der Waals surface area contributed by atoms with E-state index >= 15 is 0 Å². The van der Waals surface area contributed by atoms with Crippen molar-refractivity contribution in [3.8, 4) is 22.8 Å². The predicted molar refractivity (Wildman–Crippen MR) is 103 cm³/mol. The van der Waals surface area contributed by atoms with Gasteiger partial charge in [-0.2, -0.15) is 4.98 Å². The minimum absolute atomic E-state index is 0. The molecule has 1 N–H and O–H groups in total. The highest BCUT2D eigenvalue weighted by Gasteiger charge is 2.10. The van der Waals surface area contributed by atoms with Crippen LogP contribution in [0.4, 0.5) is 11.6 Å². The number of anilines is 2. The van der Waals surface area contributed by atoms with Crippen molar-refractivity contribution in [1.82, 2.24) is 14.6 Å². The Balaban J connectivity index is 0.00000210. The summed E-state index contributed by atoms with van der Waals surface area (Å²) in [6.07, 6.45) is 0. The van der Waals surface area contributed by atoms with Gasteiger partial charge in [0.15, 0.2) is 17.1 Å². The summed E-state index contributed by atoms with van der Waals surface area (Å²) in [5.74, 6) is 1.83. The molecule has 26 heavy (non-hydrogen) atoms. The van der Waals surface area contributed by atoms with Gasteiger partial charge in [0.2, 0.25) is 5.95 Å². The molecule has 0 saturated heterocycles. The zero-order valence-corrected chi connectivity index (χ0v) is 14.5. The number of aromatic nitrogens is 3. The predicted octanol–water partition coefficient (Wildman–Crippen LogP) is 4.40. The molecule has 0 aliphatic carbocycles. The second kappa shape index (κ2) is 6.76. The summed E-state index contributed by atoms with van der Waals surface area (Å²) in [6.45, 7) is 0. The van der Waals surface area contributed by atoms with Gasteiger partial charge in [-0.1, -0.05) is 36.4 Å². The molecule has 0 amide bonds. The van der Waals surface area contributed by atoms with Crippen molar-refractivity contribution in [2.45, 2.75) is 0 Å². The van der Waals surface area contributed by atoms with Crippen LogP contribution in [0.2, 0.25) is 0 Å². The van der Waals surface area contributed by atoms with Crippen molar-refractivity contribution in [3.05, 3.63) is 66.7 Å². The quantitative estimate of drug-likeness (QED) is 0.579. The van der Waals surface area contributed by atoms with Crippen LogP contribution in [-0.2, 0) is 0 Å². The molecule has 0 bridgehead atoms. The Bertz CT molecular complexity index is 1050. The Morgan fingerprint density at radius 2 is 1.69 bits per heavy atom. The highest BCUT2D eigenvalue weighted by Crippen LogP contribution is 2.31. The molecule has 0 atom stereocenters. The minimum Gasteiger partial charge on any atom is -0.493 e. The van der Waals surface area contributed by atoms with Gasteiger partial charge >= 0.3 is 0 Å². The normalized spacial score (nSPS) is 10.7. The lowest BCUT2D eigenvalue weighted by molar-refractivity contribution is 0.355. The summed E-state index contributed by atoms with van der Waals surface area (Å²) in [4.78, 5) is 4.56. The van der Waals surface area contributed by atoms with E-state index in [0.29, 0.717) is 17.4 Å². The molecule has 4 aromatic rings. The number of rotatable bonds is 5. The average Bonchev–Trinajstić information content (AvgIpc) is 3.10. The minimum atomic E-state index is 0. The molecule has 0 spiro atoms. The maximum Gasteiger partial charge on any atom is 0.247 e. The van der Waals surface area contributed by atoms with E-state index in [0.717, 1.165) is 22.6 Å². The number of nitrogens with one attached hydrogen (secondary N) is 1. The Labute approximate surface area is 152 Å². The van der Waals surface area contributed by atoms with E-state index in [-0.39, 0.29) is 1.43 Å². The van der Waals surface area contributed by atoms with Gasteiger partial charge in [0.1, 0.15) is 0 Å². The van der Waals surface area contributed by atoms with Crippen LogP contribution >= 0.6 is 0 Å². The van der Waals surface area contributed by atoms with Gasteiger partial charge in [-0.25, -0.2) is 4.52 Å². The Kier molecular flexibility index (Phi) is 4.15. The number of nitrogens with zero attached hydrogens (tertiary/aromatic N) is 3. The molecule has 0 aliphatic heterocycles. The summed E-state index contributed by atoms with van der Waals surface area (Å²) >= 11 is 0. The van der Waals surface area contributed by atoms with Crippen LogP contribution in [0.15, 0.2) is 66.7 Å². The lowest BCUT2D eigenvalue weighted by Gasteiger charge is -2.09. The monoisotopic (exact) mass is 348 g/mol. The van der Waals surface area contributed by atoms with Crippen molar-refractivity contribution in [3.63, 3.8) is 0 Å². The van der Waals surface area contributed by atoms with Crippen molar-refractivity contribution < 1.29 is 10.9 Å². The number of hydrogen-bond acceptors (Lipinski definition) is 5. The van der Waals surface area contributed by atoms with Crippen LogP contribution in [0.1, 0.15) is 1.43 Å². The van der Waals surface area contributed by atoms with Crippen LogP contribution in [0.5, 0.6) is 11.5 Å². The van der Waals surface area contributed by atoms with Gasteiger partial charge in [-0.15, -0.1) is 5.10 Å². The Morgan fingerprint density at radius 1 is 0.885 bits per heavy atom. The first-order valence-electron chi connectivity index (χ1n) is 8.19. The number of hydrogen-bond donors (Lipinski definition) is 1. The molecule has 2 aromatic carbocycles. The van der Waals surface area contributed by atoms with E-state index in [2.05, 4.69) is 27.5 Å². The Hall–Kier alpha value is -3.54. The molecule has 0 unspecified atom stereocenters. The van der Waals surface area contributed by atoms with Crippen LogP contribution in [0.25, 0.3) is 16.9 Å². The third-order valence-electron chi connectivity index (χ3n) is 4.07. The number of benzene rings is 2. The summed E-state index contributed by atoms with van der Waals surface area (Å²) in [5, 5.41) is 7.82. The van der Waals surface area contributed by atoms with Crippen LogP contribution in [-0.4, -0.2) is 28.8 Å². The fourth-order valence-corrected chi connectivity index (χ4v) is 2.83. The first-order chi connectivity index (χ1) is 12.8. The highest BCUT2D eigenvalue weighted by molar-refractivity contribution is 5.65. The average molecular weight is 348 g/mol. The molecule has 132 valence electrons. The first kappa shape index (κ1) is 16.0. The van der Waals surface area contributed by atoms with Crippen LogP contribution in [0.3, 0.4) is 0 Å². The highest BCUT2D eigenvalue weighted by atomic mass is 16.5. The summed E-state index contributed by atoms with van der Waals surface area (Å²) in [7, 11) is 3.22. The molecular weight excluding hydrogens is 328 g/mol. The topological polar surface area (TPSA) is 60.7 Å². The SMILES string of the molecule is COc1ccc(Nc2nc3cccc(-c4ccccc4)n3n2)cc1OC.[HH]. The van der Waals surface area contributed by atoms with Gasteiger partial charge < -0.3 is 14.8 Å². The van der Waals surface area contributed by atoms with Gasteiger partial charge in [-0.3, -0.25) is 0 Å². The van der Waals surface area contributed by atoms with Gasteiger partial charge in [0.25, 0.3) is 0 Å². The molecular formula is C20H20N4O2. The zero-order valence-electron chi connectivity index (χ0n) is 14.5. The molecule has 0 aliphatic rings. The zero-order chi connectivity index (χ0) is 17.9. The molecule has 4 rings (SSSR count). The maximum atomic E-state index is 5.34. The number of fused-ring (bicyclic) bond motifs is 1. The molecule has 2 heterocycles. The van der Waals surface area contributed by atoms with E-state index < -0.39 is 0 Å². The van der Waals surface area contributed by atoms with E-state index in [4.69, 9.17) is 9.47 Å². The largest absolute Gasteiger partial charge is 0.493 e. The Morgan fingerprint density at radius 3 is 2.46 bits per heavy atom. The standard InChI is InChI=1S/C20H18N4O2.H2/c1-25-17-12-11-15(13-18(17)26-2)21-20-22-19-10-6-9-16(24(19)23-20)14-7-4-3-5-8-14;/h3-13H,1-2H3,(H,21,23);1H. The second-order valence-corrected chi connectivity index (χ2v) is 5.68.